The smallest absolute Gasteiger partial charge is 0.164 e. The number of dihydropyridines is 1. The summed E-state index contributed by atoms with van der Waals surface area (Å²) in [6.45, 7) is 1.99. The molecule has 0 spiro atoms. The number of halogens is 1. The molecule has 2 bridgehead atoms. The second kappa shape index (κ2) is 5.87. The normalized spacial score (nSPS) is 21.4. The van der Waals surface area contributed by atoms with Gasteiger partial charge >= 0.3 is 0 Å². The number of aliphatic hydroxyl groups is 1. The summed E-state index contributed by atoms with van der Waals surface area (Å²) in [5.41, 5.74) is 3.35. The largest absolute Gasteiger partial charge is 0.380 e. The van der Waals surface area contributed by atoms with Crippen LogP contribution in [0.1, 0.15) is 29.5 Å². The van der Waals surface area contributed by atoms with Crippen LogP contribution in [-0.2, 0) is 0 Å². The molecule has 0 radical (unpaired) electrons. The maximum Gasteiger partial charge on any atom is 0.164 e. The molecule has 1 aromatic carbocycles. The van der Waals surface area contributed by atoms with Gasteiger partial charge in [-0.05, 0) is 53.9 Å². The number of nitrogens with zero attached hydrogens (tertiary/aromatic N) is 2. The van der Waals surface area contributed by atoms with E-state index in [1.807, 2.05) is 18.5 Å². The zero-order valence-corrected chi connectivity index (χ0v) is 15.3. The molecule has 0 saturated heterocycles. The summed E-state index contributed by atoms with van der Waals surface area (Å²) in [5.74, 6) is 0.662. The number of nitrogens with one attached hydrogen (secondary N) is 2. The lowest BCUT2D eigenvalue weighted by Crippen LogP contribution is -2.47. The second-order valence-corrected chi connectivity index (χ2v) is 7.85. The minimum Gasteiger partial charge on any atom is -0.380 e. The third kappa shape index (κ3) is 2.70. The second-order valence-electron chi connectivity index (χ2n) is 6.97. The first-order valence-electron chi connectivity index (χ1n) is 8.66. The molecule has 6 rings (SSSR count). The number of aryl methyl sites for hydroxylation is 1. The van der Waals surface area contributed by atoms with Gasteiger partial charge in [0, 0.05) is 12.1 Å². The van der Waals surface area contributed by atoms with Gasteiger partial charge in [0.05, 0.1) is 15.8 Å². The van der Waals surface area contributed by atoms with Gasteiger partial charge in [-0.1, -0.05) is 12.1 Å². The van der Waals surface area contributed by atoms with Crippen LogP contribution in [0.5, 0.6) is 0 Å². The van der Waals surface area contributed by atoms with Crippen molar-refractivity contribution >= 4 is 27.4 Å². The molecule has 2 aromatic heterocycles. The number of rotatable bonds is 4. The van der Waals surface area contributed by atoms with E-state index in [1.54, 1.807) is 23.5 Å². The van der Waals surface area contributed by atoms with E-state index in [9.17, 15) is 9.50 Å². The number of hydrogen-bond acceptors (Lipinski definition) is 6. The van der Waals surface area contributed by atoms with E-state index in [-0.39, 0.29) is 11.4 Å². The molecule has 136 valence electrons. The van der Waals surface area contributed by atoms with Gasteiger partial charge in [0.2, 0.25) is 0 Å². The summed E-state index contributed by atoms with van der Waals surface area (Å²) in [6.07, 6.45) is 5.98. The molecule has 5 nitrogen and oxygen atoms in total. The van der Waals surface area contributed by atoms with E-state index in [1.165, 1.54) is 17.8 Å². The highest BCUT2D eigenvalue weighted by Gasteiger charge is 2.38. The lowest BCUT2D eigenvalue weighted by atomic mass is 9.80. The van der Waals surface area contributed by atoms with Crippen molar-refractivity contribution in [1.82, 2.24) is 15.3 Å². The van der Waals surface area contributed by atoms with Crippen molar-refractivity contribution in [3.8, 4) is 0 Å². The standard InChI is InChI=1S/C20H17FN4OS/c1-11-10-27-17-15(11)23-18(16(26)12-2-4-13(21)5-3-12)24-19(17)25-20-6-7-22-14(8-20)9-20/h2-8,10,16,22,26H,9H2,1H3,(H,23,24,25). The molecule has 27 heavy (non-hydrogen) atoms. The van der Waals surface area contributed by atoms with Gasteiger partial charge in [-0.2, -0.15) is 0 Å². The van der Waals surface area contributed by atoms with E-state index in [0.29, 0.717) is 17.2 Å². The SMILES string of the molecule is Cc1csc2c(NC34C=CNC(=C3)C4)nc(C(O)c3ccc(F)cc3)nc12. The van der Waals surface area contributed by atoms with E-state index < -0.39 is 6.10 Å². The molecule has 7 heteroatoms. The first-order chi connectivity index (χ1) is 13.0. The lowest BCUT2D eigenvalue weighted by molar-refractivity contribution is 0.210. The molecule has 2 atom stereocenters. The fourth-order valence-corrected chi connectivity index (χ4v) is 4.42. The Morgan fingerprint density at radius 3 is 2.78 bits per heavy atom. The number of aromatic nitrogens is 2. The lowest BCUT2D eigenvalue weighted by Gasteiger charge is -2.41. The zero-order chi connectivity index (χ0) is 18.6. The Bertz CT molecular complexity index is 1110. The molecule has 3 N–H and O–H groups in total. The average molecular weight is 380 g/mol. The summed E-state index contributed by atoms with van der Waals surface area (Å²) in [7, 11) is 0. The van der Waals surface area contributed by atoms with Crippen LogP contribution in [0.15, 0.2) is 53.7 Å². The summed E-state index contributed by atoms with van der Waals surface area (Å²) >= 11 is 1.58. The van der Waals surface area contributed by atoms with Crippen LogP contribution in [0.4, 0.5) is 10.2 Å². The van der Waals surface area contributed by atoms with E-state index >= 15 is 0 Å². The van der Waals surface area contributed by atoms with Crippen LogP contribution in [0.2, 0.25) is 0 Å². The summed E-state index contributed by atoms with van der Waals surface area (Å²) in [6, 6.07) is 5.75. The van der Waals surface area contributed by atoms with Crippen LogP contribution in [0.25, 0.3) is 10.2 Å². The van der Waals surface area contributed by atoms with Crippen molar-refractivity contribution in [1.29, 1.82) is 0 Å². The van der Waals surface area contributed by atoms with Crippen LogP contribution in [-0.4, -0.2) is 20.6 Å². The molecule has 2 unspecified atom stereocenters. The molecule has 4 heterocycles. The first kappa shape index (κ1) is 16.4. The van der Waals surface area contributed by atoms with Gasteiger partial charge in [-0.25, -0.2) is 14.4 Å². The first-order valence-corrected chi connectivity index (χ1v) is 9.54. The minimum atomic E-state index is -1.02. The van der Waals surface area contributed by atoms with Gasteiger partial charge in [0.1, 0.15) is 17.7 Å². The molecule has 0 fully saturated rings. The van der Waals surface area contributed by atoms with Crippen molar-refractivity contribution in [2.75, 3.05) is 5.32 Å². The highest BCUT2D eigenvalue weighted by atomic mass is 32.1. The summed E-state index contributed by atoms with van der Waals surface area (Å²) in [4.78, 5) is 9.23. The molecular weight excluding hydrogens is 363 g/mol. The van der Waals surface area contributed by atoms with Crippen molar-refractivity contribution in [2.24, 2.45) is 0 Å². The van der Waals surface area contributed by atoms with Crippen molar-refractivity contribution in [3.05, 3.63) is 76.5 Å². The molecule has 3 aromatic rings. The molecule has 0 saturated carbocycles. The average Bonchev–Trinajstić information content (AvgIpc) is 3.03. The maximum atomic E-state index is 13.2. The van der Waals surface area contributed by atoms with Crippen molar-refractivity contribution in [2.45, 2.75) is 25.0 Å². The Balaban J connectivity index is 1.58. The number of thiophene rings is 1. The molecule has 2 aliphatic heterocycles. The number of hydrogen-bond donors (Lipinski definition) is 3. The Morgan fingerprint density at radius 1 is 1.30 bits per heavy atom. The van der Waals surface area contributed by atoms with Crippen molar-refractivity contribution in [3.63, 3.8) is 0 Å². The highest BCUT2D eigenvalue weighted by molar-refractivity contribution is 7.18. The predicted molar refractivity (Wildman–Crippen MR) is 104 cm³/mol. The summed E-state index contributed by atoms with van der Waals surface area (Å²) in [5, 5.41) is 19.5. The van der Waals surface area contributed by atoms with Crippen LogP contribution in [0, 0.1) is 12.7 Å². The van der Waals surface area contributed by atoms with E-state index in [4.69, 9.17) is 0 Å². The van der Waals surface area contributed by atoms with Crippen LogP contribution in [0.3, 0.4) is 0 Å². The van der Waals surface area contributed by atoms with Gasteiger partial charge < -0.3 is 15.7 Å². The molecule has 1 aliphatic carbocycles. The number of fused-ring (bicyclic) bond motifs is 2. The fourth-order valence-electron chi connectivity index (χ4n) is 3.49. The monoisotopic (exact) mass is 380 g/mol. The van der Waals surface area contributed by atoms with Crippen LogP contribution >= 0.6 is 11.3 Å². The third-order valence-electron chi connectivity index (χ3n) is 4.96. The topological polar surface area (TPSA) is 70.1 Å². The van der Waals surface area contributed by atoms with Gasteiger partial charge in [-0.15, -0.1) is 11.3 Å². The highest BCUT2D eigenvalue weighted by Crippen LogP contribution is 2.39. The number of benzene rings is 1. The Morgan fingerprint density at radius 2 is 2.07 bits per heavy atom. The van der Waals surface area contributed by atoms with E-state index in [2.05, 4.69) is 32.8 Å². The van der Waals surface area contributed by atoms with Gasteiger partial charge in [0.25, 0.3) is 0 Å². The minimum absolute atomic E-state index is 0.252. The molecule has 0 amide bonds. The molecular formula is C20H17FN4OS. The number of anilines is 1. The Kier molecular flexibility index (Phi) is 3.57. The fraction of sp³-hybridized carbons (Fsp3) is 0.200. The Labute approximate surface area is 159 Å². The third-order valence-corrected chi connectivity index (χ3v) is 6.05. The molecule has 3 aliphatic rings. The van der Waals surface area contributed by atoms with Crippen LogP contribution < -0.4 is 10.6 Å². The predicted octanol–water partition coefficient (Wildman–Crippen LogP) is 3.78. The summed E-state index contributed by atoms with van der Waals surface area (Å²) < 4.78 is 14.2. The van der Waals surface area contributed by atoms with E-state index in [0.717, 1.165) is 22.2 Å². The quantitative estimate of drug-likeness (QED) is 0.643. The Hall–Kier alpha value is -2.77. The van der Waals surface area contributed by atoms with Gasteiger partial charge in [0.15, 0.2) is 5.82 Å². The maximum absolute atomic E-state index is 13.2. The van der Waals surface area contributed by atoms with Crippen molar-refractivity contribution < 1.29 is 9.50 Å². The number of aliphatic hydroxyl groups excluding tert-OH is 1. The van der Waals surface area contributed by atoms with Gasteiger partial charge in [-0.3, -0.25) is 0 Å². The zero-order valence-electron chi connectivity index (χ0n) is 14.5.